The predicted molar refractivity (Wildman–Crippen MR) is 85.1 cm³/mol. The Hall–Kier alpha value is -2.32. The van der Waals surface area contributed by atoms with Gasteiger partial charge in [-0.15, -0.1) is 10.2 Å². The van der Waals surface area contributed by atoms with Crippen molar-refractivity contribution in [3.05, 3.63) is 54.7 Å². The summed E-state index contributed by atoms with van der Waals surface area (Å²) in [6, 6.07) is 8.13. The van der Waals surface area contributed by atoms with Crippen LogP contribution in [0.2, 0.25) is 0 Å². The van der Waals surface area contributed by atoms with Crippen LogP contribution in [0.15, 0.2) is 53.8 Å². The molecule has 3 rings (SSSR count). The number of nitrogens with one attached hydrogen (secondary N) is 1. The largest absolute Gasteiger partial charge is 0.285 e. The van der Waals surface area contributed by atoms with Crippen LogP contribution in [-0.2, 0) is 10.0 Å². The van der Waals surface area contributed by atoms with Gasteiger partial charge in [-0.1, -0.05) is 19.9 Å². The van der Waals surface area contributed by atoms with Crippen LogP contribution >= 0.6 is 0 Å². The lowest BCUT2D eigenvalue weighted by Crippen LogP contribution is -2.33. The Morgan fingerprint density at radius 1 is 1.13 bits per heavy atom. The number of rotatable bonds is 5. The minimum atomic E-state index is -3.69. The average Bonchev–Trinajstić information content (AvgIpc) is 2.97. The summed E-state index contributed by atoms with van der Waals surface area (Å²) in [5.74, 6) is 0.553. The van der Waals surface area contributed by atoms with Crippen LogP contribution in [0.3, 0.4) is 0 Å². The maximum atomic E-state index is 12.6. The van der Waals surface area contributed by atoms with Crippen LogP contribution < -0.4 is 4.72 Å². The highest BCUT2D eigenvalue weighted by Crippen LogP contribution is 2.23. The second-order valence-electron chi connectivity index (χ2n) is 5.52. The molecule has 0 fully saturated rings. The Balaban J connectivity index is 2.00. The molecule has 0 saturated carbocycles. The SMILES string of the molecule is CC(C)[C@H](NS(=O)(=O)c1cccnc1)c1nnc2ccccn12. The number of hydrogen-bond acceptors (Lipinski definition) is 5. The van der Waals surface area contributed by atoms with Gasteiger partial charge in [0.25, 0.3) is 0 Å². The highest BCUT2D eigenvalue weighted by Gasteiger charge is 2.27. The van der Waals surface area contributed by atoms with E-state index in [1.54, 1.807) is 10.5 Å². The van der Waals surface area contributed by atoms with E-state index in [9.17, 15) is 8.42 Å². The Morgan fingerprint density at radius 3 is 2.65 bits per heavy atom. The van der Waals surface area contributed by atoms with Crippen molar-refractivity contribution < 1.29 is 8.42 Å². The number of nitrogens with zero attached hydrogens (tertiary/aromatic N) is 4. The third-order valence-electron chi connectivity index (χ3n) is 3.51. The summed E-state index contributed by atoms with van der Waals surface area (Å²) in [4.78, 5) is 3.99. The quantitative estimate of drug-likeness (QED) is 0.770. The van der Waals surface area contributed by atoms with E-state index in [1.165, 1.54) is 18.5 Å². The zero-order valence-electron chi connectivity index (χ0n) is 12.8. The van der Waals surface area contributed by atoms with E-state index in [2.05, 4.69) is 19.9 Å². The molecule has 23 heavy (non-hydrogen) atoms. The number of hydrogen-bond donors (Lipinski definition) is 1. The van der Waals surface area contributed by atoms with Gasteiger partial charge in [0, 0.05) is 18.6 Å². The first-order chi connectivity index (χ1) is 11.0. The summed E-state index contributed by atoms with van der Waals surface area (Å²) in [5, 5.41) is 8.26. The Bertz CT molecular complexity index is 906. The normalized spacial score (nSPS) is 13.5. The number of aromatic nitrogens is 4. The molecule has 3 heterocycles. The van der Waals surface area contributed by atoms with Gasteiger partial charge in [-0.2, -0.15) is 0 Å². The first kappa shape index (κ1) is 15.6. The fourth-order valence-corrected chi connectivity index (χ4v) is 3.61. The van der Waals surface area contributed by atoms with Crippen LogP contribution in [-0.4, -0.2) is 28.0 Å². The molecule has 0 spiro atoms. The van der Waals surface area contributed by atoms with Crippen molar-refractivity contribution in [2.75, 3.05) is 0 Å². The molecule has 1 atom stereocenters. The highest BCUT2D eigenvalue weighted by atomic mass is 32.2. The molecule has 0 aliphatic rings. The lowest BCUT2D eigenvalue weighted by atomic mass is 10.1. The lowest BCUT2D eigenvalue weighted by molar-refractivity contribution is 0.441. The summed E-state index contributed by atoms with van der Waals surface area (Å²) in [5.41, 5.74) is 0.675. The summed E-state index contributed by atoms with van der Waals surface area (Å²) in [7, 11) is -3.69. The summed E-state index contributed by atoms with van der Waals surface area (Å²) >= 11 is 0. The summed E-state index contributed by atoms with van der Waals surface area (Å²) in [6.45, 7) is 3.86. The molecule has 3 aromatic rings. The van der Waals surface area contributed by atoms with E-state index in [-0.39, 0.29) is 10.8 Å². The predicted octanol–water partition coefficient (Wildman–Crippen LogP) is 1.80. The zero-order valence-corrected chi connectivity index (χ0v) is 13.6. The van der Waals surface area contributed by atoms with Crippen LogP contribution in [0.1, 0.15) is 25.7 Å². The number of pyridine rings is 2. The van der Waals surface area contributed by atoms with Crippen LogP contribution in [0, 0.1) is 5.92 Å². The third-order valence-corrected chi connectivity index (χ3v) is 4.94. The lowest BCUT2D eigenvalue weighted by Gasteiger charge is -2.20. The summed E-state index contributed by atoms with van der Waals surface area (Å²) in [6.07, 6.45) is 4.67. The zero-order chi connectivity index (χ0) is 16.4. The van der Waals surface area contributed by atoms with Gasteiger partial charge < -0.3 is 0 Å². The van der Waals surface area contributed by atoms with Crippen molar-refractivity contribution in [3.63, 3.8) is 0 Å². The van der Waals surface area contributed by atoms with E-state index < -0.39 is 16.1 Å². The van der Waals surface area contributed by atoms with Crippen molar-refractivity contribution in [3.8, 4) is 0 Å². The van der Waals surface area contributed by atoms with Crippen molar-refractivity contribution in [1.29, 1.82) is 0 Å². The summed E-state index contributed by atoms with van der Waals surface area (Å²) < 4.78 is 29.6. The first-order valence-corrected chi connectivity index (χ1v) is 8.69. The smallest absolute Gasteiger partial charge is 0.242 e. The van der Waals surface area contributed by atoms with Crippen molar-refractivity contribution >= 4 is 15.7 Å². The molecule has 0 aliphatic heterocycles. The minimum absolute atomic E-state index is 0.00551. The van der Waals surface area contributed by atoms with Crippen LogP contribution in [0.25, 0.3) is 5.65 Å². The van der Waals surface area contributed by atoms with Crippen LogP contribution in [0.5, 0.6) is 0 Å². The van der Waals surface area contributed by atoms with Gasteiger partial charge >= 0.3 is 0 Å². The van der Waals surface area contributed by atoms with Gasteiger partial charge in [-0.25, -0.2) is 13.1 Å². The van der Waals surface area contributed by atoms with E-state index in [1.807, 2.05) is 38.2 Å². The molecule has 0 aliphatic carbocycles. The van der Waals surface area contributed by atoms with Gasteiger partial charge in [-0.05, 0) is 30.2 Å². The fraction of sp³-hybridized carbons (Fsp3) is 0.267. The molecule has 7 nitrogen and oxygen atoms in total. The molecule has 0 radical (unpaired) electrons. The number of fused-ring (bicyclic) bond motifs is 1. The van der Waals surface area contributed by atoms with E-state index in [0.29, 0.717) is 11.5 Å². The van der Waals surface area contributed by atoms with Crippen molar-refractivity contribution in [2.24, 2.45) is 5.92 Å². The Labute approximate surface area is 134 Å². The molecule has 8 heteroatoms. The van der Waals surface area contributed by atoms with Gasteiger partial charge in [0.15, 0.2) is 11.5 Å². The molecule has 0 aromatic carbocycles. The van der Waals surface area contributed by atoms with Gasteiger partial charge in [-0.3, -0.25) is 9.38 Å². The molecule has 0 bridgehead atoms. The second-order valence-corrected chi connectivity index (χ2v) is 7.23. The van der Waals surface area contributed by atoms with Gasteiger partial charge in [0.2, 0.25) is 10.0 Å². The molecular weight excluding hydrogens is 314 g/mol. The molecule has 3 aromatic heterocycles. The molecule has 0 amide bonds. The third kappa shape index (κ3) is 3.08. The number of sulfonamides is 1. The Morgan fingerprint density at radius 2 is 1.96 bits per heavy atom. The van der Waals surface area contributed by atoms with Crippen molar-refractivity contribution in [2.45, 2.75) is 24.8 Å². The topological polar surface area (TPSA) is 89.2 Å². The van der Waals surface area contributed by atoms with E-state index >= 15 is 0 Å². The monoisotopic (exact) mass is 331 g/mol. The average molecular weight is 331 g/mol. The molecule has 0 unspecified atom stereocenters. The Kier molecular flexibility index (Phi) is 4.10. The van der Waals surface area contributed by atoms with E-state index in [4.69, 9.17) is 0 Å². The first-order valence-electron chi connectivity index (χ1n) is 7.21. The standard InChI is InChI=1S/C15H17N5O2S/c1-11(2)14(15-18-17-13-7-3-4-9-20(13)15)19-23(21,22)12-6-5-8-16-10-12/h3-11,14,19H,1-2H3/t14-/m0/s1. The fourth-order valence-electron chi connectivity index (χ4n) is 2.30. The highest BCUT2D eigenvalue weighted by molar-refractivity contribution is 7.89. The molecule has 1 N–H and O–H groups in total. The van der Waals surface area contributed by atoms with Gasteiger partial charge in [0.1, 0.15) is 4.90 Å². The van der Waals surface area contributed by atoms with Gasteiger partial charge in [0.05, 0.1) is 6.04 Å². The van der Waals surface area contributed by atoms with E-state index in [0.717, 1.165) is 0 Å². The molecule has 0 saturated heterocycles. The van der Waals surface area contributed by atoms with Crippen molar-refractivity contribution in [1.82, 2.24) is 24.3 Å². The van der Waals surface area contributed by atoms with Crippen LogP contribution in [0.4, 0.5) is 0 Å². The maximum absolute atomic E-state index is 12.6. The maximum Gasteiger partial charge on any atom is 0.242 e. The molecule has 120 valence electrons. The molecular formula is C15H17N5O2S. The minimum Gasteiger partial charge on any atom is -0.285 e. The second kappa shape index (κ2) is 6.05.